The predicted octanol–water partition coefficient (Wildman–Crippen LogP) is 3.20. The van der Waals surface area contributed by atoms with Crippen LogP contribution in [0.25, 0.3) is 10.9 Å². The summed E-state index contributed by atoms with van der Waals surface area (Å²) in [6, 6.07) is 7.95. The van der Waals surface area contributed by atoms with E-state index in [0.717, 1.165) is 28.0 Å². The summed E-state index contributed by atoms with van der Waals surface area (Å²) in [7, 11) is 0. The summed E-state index contributed by atoms with van der Waals surface area (Å²) in [4.78, 5) is 3.22. The standard InChI is InChI=1S/C10H9ClN/c1-2-8-6-7-4-3-5-9(11)10(7)12-8/h3-6,12H,1-2H2. The fourth-order valence-corrected chi connectivity index (χ4v) is 1.54. The number of hydrogen-bond donors (Lipinski definition) is 1. The Morgan fingerprint density at radius 3 is 2.92 bits per heavy atom. The highest BCUT2D eigenvalue weighted by Gasteiger charge is 2.01. The summed E-state index contributed by atoms with van der Waals surface area (Å²) in [5.41, 5.74) is 2.14. The number of benzene rings is 1. The first-order valence-corrected chi connectivity index (χ1v) is 4.24. The molecule has 1 N–H and O–H groups in total. The maximum absolute atomic E-state index is 5.98. The van der Waals surface area contributed by atoms with Crippen molar-refractivity contribution in [1.29, 1.82) is 0 Å². The van der Waals surface area contributed by atoms with E-state index >= 15 is 0 Å². The van der Waals surface area contributed by atoms with Crippen molar-refractivity contribution in [3.63, 3.8) is 0 Å². The van der Waals surface area contributed by atoms with Crippen LogP contribution in [-0.2, 0) is 6.42 Å². The number of fused-ring (bicyclic) bond motifs is 1. The Balaban J connectivity index is 2.74. The summed E-state index contributed by atoms with van der Waals surface area (Å²) in [5, 5.41) is 1.92. The van der Waals surface area contributed by atoms with Gasteiger partial charge >= 0.3 is 0 Å². The van der Waals surface area contributed by atoms with Gasteiger partial charge in [-0.2, -0.15) is 0 Å². The molecule has 1 nitrogen and oxygen atoms in total. The van der Waals surface area contributed by atoms with Crippen LogP contribution in [0.15, 0.2) is 24.3 Å². The Morgan fingerprint density at radius 1 is 1.42 bits per heavy atom. The Hall–Kier alpha value is -0.950. The molecular weight excluding hydrogens is 170 g/mol. The second-order valence-electron chi connectivity index (χ2n) is 2.75. The minimum absolute atomic E-state index is 0.769. The zero-order chi connectivity index (χ0) is 8.55. The van der Waals surface area contributed by atoms with Crippen LogP contribution in [-0.4, -0.2) is 4.98 Å². The molecule has 1 aromatic carbocycles. The maximum Gasteiger partial charge on any atom is 0.0647 e. The van der Waals surface area contributed by atoms with Crippen LogP contribution in [0.3, 0.4) is 0 Å². The molecule has 61 valence electrons. The molecule has 0 amide bonds. The highest BCUT2D eigenvalue weighted by molar-refractivity contribution is 6.35. The van der Waals surface area contributed by atoms with Crippen LogP contribution < -0.4 is 0 Å². The number of aromatic nitrogens is 1. The van der Waals surface area contributed by atoms with Gasteiger partial charge in [0, 0.05) is 11.1 Å². The van der Waals surface area contributed by atoms with Crippen LogP contribution in [0.1, 0.15) is 5.69 Å². The fraction of sp³-hybridized carbons (Fsp3) is 0.100. The lowest BCUT2D eigenvalue weighted by atomic mass is 10.2. The normalized spacial score (nSPS) is 10.8. The van der Waals surface area contributed by atoms with Crippen molar-refractivity contribution in [3.05, 3.63) is 41.9 Å². The third kappa shape index (κ3) is 1.10. The zero-order valence-corrected chi connectivity index (χ0v) is 7.36. The van der Waals surface area contributed by atoms with Gasteiger partial charge < -0.3 is 4.98 Å². The monoisotopic (exact) mass is 178 g/mol. The Morgan fingerprint density at radius 2 is 2.25 bits per heavy atom. The first-order chi connectivity index (χ1) is 5.81. The first kappa shape index (κ1) is 7.69. The molecule has 0 aliphatic heterocycles. The van der Waals surface area contributed by atoms with Gasteiger partial charge in [0.15, 0.2) is 0 Å². The van der Waals surface area contributed by atoms with Crippen LogP contribution in [0.4, 0.5) is 0 Å². The summed E-state index contributed by atoms with van der Waals surface area (Å²) in [6.45, 7) is 3.81. The SMILES string of the molecule is [CH2]Cc1cc2cccc(Cl)c2[nH]1. The molecule has 2 heteroatoms. The highest BCUT2D eigenvalue weighted by Crippen LogP contribution is 2.23. The number of para-hydroxylation sites is 1. The smallest absolute Gasteiger partial charge is 0.0647 e. The minimum Gasteiger partial charge on any atom is -0.357 e. The number of nitrogens with one attached hydrogen (secondary N) is 1. The van der Waals surface area contributed by atoms with Gasteiger partial charge in [0.1, 0.15) is 0 Å². The van der Waals surface area contributed by atoms with E-state index in [2.05, 4.69) is 18.0 Å². The number of halogens is 1. The van der Waals surface area contributed by atoms with Crippen molar-refractivity contribution in [2.24, 2.45) is 0 Å². The Bertz CT molecular complexity index is 403. The van der Waals surface area contributed by atoms with Crippen LogP contribution in [0, 0.1) is 6.92 Å². The van der Waals surface area contributed by atoms with E-state index in [0.29, 0.717) is 0 Å². The number of H-pyrrole nitrogens is 1. The van der Waals surface area contributed by atoms with E-state index in [1.807, 2.05) is 18.2 Å². The molecule has 0 bridgehead atoms. The molecule has 0 saturated heterocycles. The average molecular weight is 179 g/mol. The van der Waals surface area contributed by atoms with Gasteiger partial charge in [0.2, 0.25) is 0 Å². The largest absolute Gasteiger partial charge is 0.357 e. The van der Waals surface area contributed by atoms with Crippen molar-refractivity contribution in [1.82, 2.24) is 4.98 Å². The average Bonchev–Trinajstić information content (AvgIpc) is 2.49. The van der Waals surface area contributed by atoms with Crippen molar-refractivity contribution >= 4 is 22.5 Å². The van der Waals surface area contributed by atoms with Crippen LogP contribution in [0.5, 0.6) is 0 Å². The molecule has 1 aromatic heterocycles. The molecule has 0 fully saturated rings. The predicted molar refractivity (Wildman–Crippen MR) is 52.4 cm³/mol. The third-order valence-electron chi connectivity index (χ3n) is 1.93. The van der Waals surface area contributed by atoms with E-state index in [9.17, 15) is 0 Å². The molecule has 12 heavy (non-hydrogen) atoms. The molecule has 0 unspecified atom stereocenters. The molecule has 1 radical (unpaired) electrons. The summed E-state index contributed by atoms with van der Waals surface area (Å²) >= 11 is 5.98. The minimum atomic E-state index is 0.769. The summed E-state index contributed by atoms with van der Waals surface area (Å²) in [5.74, 6) is 0. The number of rotatable bonds is 1. The Kier molecular flexibility index (Phi) is 1.81. The lowest BCUT2D eigenvalue weighted by molar-refractivity contribution is 1.17. The maximum atomic E-state index is 5.98. The van der Waals surface area contributed by atoms with Gasteiger partial charge in [-0.25, -0.2) is 0 Å². The number of aromatic amines is 1. The Labute approximate surface area is 76.4 Å². The zero-order valence-electron chi connectivity index (χ0n) is 6.60. The second kappa shape index (κ2) is 2.83. The molecule has 2 rings (SSSR count). The van der Waals surface area contributed by atoms with Gasteiger partial charge in [0.05, 0.1) is 10.5 Å². The van der Waals surface area contributed by atoms with Gasteiger partial charge in [-0.3, -0.25) is 0 Å². The van der Waals surface area contributed by atoms with E-state index in [4.69, 9.17) is 11.6 Å². The van der Waals surface area contributed by atoms with E-state index < -0.39 is 0 Å². The van der Waals surface area contributed by atoms with E-state index in [1.54, 1.807) is 0 Å². The number of hydrogen-bond acceptors (Lipinski definition) is 0. The molecule has 0 saturated carbocycles. The van der Waals surface area contributed by atoms with E-state index in [1.165, 1.54) is 0 Å². The van der Waals surface area contributed by atoms with E-state index in [-0.39, 0.29) is 0 Å². The van der Waals surface area contributed by atoms with Crippen molar-refractivity contribution in [2.45, 2.75) is 6.42 Å². The molecule has 2 aromatic rings. The summed E-state index contributed by atoms with van der Waals surface area (Å²) in [6.07, 6.45) is 0.769. The lowest BCUT2D eigenvalue weighted by Crippen LogP contribution is -1.76. The van der Waals surface area contributed by atoms with Gasteiger partial charge in [0.25, 0.3) is 0 Å². The van der Waals surface area contributed by atoms with Crippen LogP contribution in [0.2, 0.25) is 5.02 Å². The molecule has 1 heterocycles. The first-order valence-electron chi connectivity index (χ1n) is 3.86. The molecule has 0 aliphatic rings. The second-order valence-corrected chi connectivity index (χ2v) is 3.16. The van der Waals surface area contributed by atoms with Gasteiger partial charge in [-0.15, -0.1) is 0 Å². The van der Waals surface area contributed by atoms with Crippen molar-refractivity contribution in [3.8, 4) is 0 Å². The van der Waals surface area contributed by atoms with Crippen molar-refractivity contribution in [2.75, 3.05) is 0 Å². The van der Waals surface area contributed by atoms with Crippen LogP contribution >= 0.6 is 11.6 Å². The fourth-order valence-electron chi connectivity index (χ4n) is 1.31. The van der Waals surface area contributed by atoms with Gasteiger partial charge in [-0.05, 0) is 25.5 Å². The summed E-state index contributed by atoms with van der Waals surface area (Å²) < 4.78 is 0. The molecule has 0 atom stereocenters. The molecule has 0 aliphatic carbocycles. The highest BCUT2D eigenvalue weighted by atomic mass is 35.5. The third-order valence-corrected chi connectivity index (χ3v) is 2.25. The quantitative estimate of drug-likeness (QED) is 0.691. The van der Waals surface area contributed by atoms with Gasteiger partial charge in [-0.1, -0.05) is 23.7 Å². The topological polar surface area (TPSA) is 15.8 Å². The lowest BCUT2D eigenvalue weighted by Gasteiger charge is -1.91. The van der Waals surface area contributed by atoms with Crippen molar-refractivity contribution < 1.29 is 0 Å². The molecular formula is C10H9ClN. The molecule has 0 spiro atoms.